The predicted molar refractivity (Wildman–Crippen MR) is 183 cm³/mol. The van der Waals surface area contributed by atoms with Gasteiger partial charge in [-0.25, -0.2) is 28.1 Å². The van der Waals surface area contributed by atoms with E-state index in [2.05, 4.69) is 20.8 Å². The highest BCUT2D eigenvalue weighted by atomic mass is 32.2. The summed E-state index contributed by atoms with van der Waals surface area (Å²) in [5.41, 5.74) is -2.71. The first-order chi connectivity index (χ1) is 21.8. The van der Waals surface area contributed by atoms with Gasteiger partial charge in [0.1, 0.15) is 19.8 Å². The van der Waals surface area contributed by atoms with E-state index in [9.17, 15) is 28.8 Å². The van der Waals surface area contributed by atoms with Crippen LogP contribution in [0, 0.1) is 0 Å². The molecule has 0 saturated carbocycles. The number of unbranched alkanes of at least 4 members (excludes halogenated alkanes) is 3. The summed E-state index contributed by atoms with van der Waals surface area (Å²) in [6, 6.07) is 0. The second kappa shape index (κ2) is 26.0. The van der Waals surface area contributed by atoms with Gasteiger partial charge in [-0.05, 0) is 36.5 Å². The lowest BCUT2D eigenvalue weighted by Crippen LogP contribution is -2.55. The smallest absolute Gasteiger partial charge is 0.336 e. The number of nitrogens with zero attached hydrogens (tertiary/aromatic N) is 3. The van der Waals surface area contributed by atoms with Crippen molar-refractivity contribution in [2.75, 3.05) is 54.3 Å². The van der Waals surface area contributed by atoms with Crippen molar-refractivity contribution < 1.29 is 28.6 Å². The molecule has 0 aliphatic carbocycles. The minimum atomic E-state index is -0.903. The van der Waals surface area contributed by atoms with Crippen LogP contribution in [-0.2, 0) is 48.2 Å². The van der Waals surface area contributed by atoms with Gasteiger partial charge in [-0.3, -0.25) is 14.4 Å². The summed E-state index contributed by atoms with van der Waals surface area (Å²) in [5, 5.41) is 0. The molecule has 12 nitrogen and oxygen atoms in total. The van der Waals surface area contributed by atoms with Crippen molar-refractivity contribution in [1.82, 2.24) is 13.7 Å². The van der Waals surface area contributed by atoms with E-state index in [4.69, 9.17) is 14.2 Å². The SMILES string of the molecule is CCCCSCCC(=O)OCCn1c(=O)n(CCOC(=O)CCSCCCC)c(=O)n(CCOC(=O)CCSCCCC)c1=O. The Hall–Kier alpha value is -2.13. The molecule has 1 heterocycles. The summed E-state index contributed by atoms with van der Waals surface area (Å²) in [6.07, 6.45) is 7.06. The van der Waals surface area contributed by atoms with E-state index in [0.717, 1.165) is 69.5 Å². The van der Waals surface area contributed by atoms with Crippen molar-refractivity contribution in [1.29, 1.82) is 0 Å². The Labute approximate surface area is 278 Å². The van der Waals surface area contributed by atoms with Crippen LogP contribution in [0.4, 0.5) is 0 Å². The zero-order chi connectivity index (χ0) is 33.3. The van der Waals surface area contributed by atoms with Crippen LogP contribution in [0.25, 0.3) is 0 Å². The fourth-order valence-corrected chi connectivity index (χ4v) is 6.76. The number of hydrogen-bond donors (Lipinski definition) is 0. The first kappa shape index (κ1) is 40.9. The Morgan fingerprint density at radius 2 is 0.756 bits per heavy atom. The first-order valence-electron chi connectivity index (χ1n) is 15.9. The third kappa shape index (κ3) is 18.0. The van der Waals surface area contributed by atoms with Crippen molar-refractivity contribution >= 4 is 53.2 Å². The number of carbonyl (C=O) groups excluding carboxylic acids is 3. The normalized spacial score (nSPS) is 11.0. The van der Waals surface area contributed by atoms with Gasteiger partial charge >= 0.3 is 35.0 Å². The molecule has 0 N–H and O–H groups in total. The van der Waals surface area contributed by atoms with Gasteiger partial charge in [0.15, 0.2) is 0 Å². The highest BCUT2D eigenvalue weighted by Gasteiger charge is 2.17. The largest absolute Gasteiger partial charge is 0.464 e. The summed E-state index contributed by atoms with van der Waals surface area (Å²) in [7, 11) is 0. The highest BCUT2D eigenvalue weighted by Crippen LogP contribution is 2.08. The van der Waals surface area contributed by atoms with E-state index in [1.54, 1.807) is 35.3 Å². The van der Waals surface area contributed by atoms with Crippen LogP contribution < -0.4 is 17.1 Å². The maximum absolute atomic E-state index is 13.2. The predicted octanol–water partition coefficient (Wildman–Crippen LogP) is 3.57. The molecule has 0 bridgehead atoms. The van der Waals surface area contributed by atoms with Crippen molar-refractivity contribution in [3.05, 3.63) is 31.5 Å². The molecular formula is C30H51N3O9S3. The maximum atomic E-state index is 13.2. The van der Waals surface area contributed by atoms with Crippen LogP contribution in [0.3, 0.4) is 0 Å². The molecule has 0 saturated heterocycles. The molecule has 15 heteroatoms. The summed E-state index contributed by atoms with van der Waals surface area (Å²) in [6.45, 7) is 4.78. The Morgan fingerprint density at radius 1 is 0.489 bits per heavy atom. The van der Waals surface area contributed by atoms with Crippen molar-refractivity contribution in [3.8, 4) is 0 Å². The first-order valence-corrected chi connectivity index (χ1v) is 19.4. The molecular weight excluding hydrogens is 643 g/mol. The number of rotatable bonds is 27. The van der Waals surface area contributed by atoms with Crippen molar-refractivity contribution in [3.63, 3.8) is 0 Å². The van der Waals surface area contributed by atoms with Gasteiger partial charge in [0.2, 0.25) is 0 Å². The molecule has 0 aliphatic rings. The van der Waals surface area contributed by atoms with E-state index < -0.39 is 35.0 Å². The monoisotopic (exact) mass is 693 g/mol. The van der Waals surface area contributed by atoms with E-state index >= 15 is 0 Å². The number of ether oxygens (including phenoxy) is 3. The van der Waals surface area contributed by atoms with Crippen LogP contribution in [0.1, 0.15) is 78.6 Å². The Bertz CT molecular complexity index is 1010. The van der Waals surface area contributed by atoms with Crippen LogP contribution in [-0.4, -0.2) is 85.9 Å². The molecule has 0 spiro atoms. The third-order valence-corrected chi connectivity index (χ3v) is 9.61. The standard InChI is InChI=1S/C30H51N3O9S3/c1-4-7-19-43-22-10-25(34)40-16-13-31-28(37)32(14-17-41-26(35)11-23-44-20-8-5-2)30(39)33(29(31)38)15-18-42-27(36)12-24-45-21-9-6-3/h4-24H2,1-3H3. The number of aromatic nitrogens is 3. The second-order valence-electron chi connectivity index (χ2n) is 10.1. The number of hydrogen-bond acceptors (Lipinski definition) is 12. The van der Waals surface area contributed by atoms with Gasteiger partial charge in [0, 0.05) is 17.3 Å². The van der Waals surface area contributed by atoms with E-state index in [0.29, 0.717) is 17.3 Å². The van der Waals surface area contributed by atoms with E-state index in [1.165, 1.54) is 0 Å². The van der Waals surface area contributed by atoms with Crippen molar-refractivity contribution in [2.24, 2.45) is 0 Å². The Kier molecular flexibility index (Phi) is 23.6. The molecule has 0 radical (unpaired) electrons. The molecule has 0 aliphatic heterocycles. The van der Waals surface area contributed by atoms with Crippen LogP contribution in [0.2, 0.25) is 0 Å². The Morgan fingerprint density at radius 3 is 1.00 bits per heavy atom. The minimum absolute atomic E-state index is 0.206. The van der Waals surface area contributed by atoms with Gasteiger partial charge < -0.3 is 14.2 Å². The average Bonchev–Trinajstić information content (AvgIpc) is 3.01. The average molecular weight is 694 g/mol. The van der Waals surface area contributed by atoms with E-state index in [1.807, 2.05) is 0 Å². The highest BCUT2D eigenvalue weighted by molar-refractivity contribution is 7.99. The molecule has 0 aromatic carbocycles. The van der Waals surface area contributed by atoms with Gasteiger partial charge in [-0.15, -0.1) is 0 Å². The van der Waals surface area contributed by atoms with Gasteiger partial charge in [-0.1, -0.05) is 40.0 Å². The zero-order valence-electron chi connectivity index (χ0n) is 27.1. The molecule has 1 aromatic heterocycles. The second-order valence-corrected chi connectivity index (χ2v) is 13.8. The van der Waals surface area contributed by atoms with Crippen LogP contribution in [0.15, 0.2) is 14.4 Å². The van der Waals surface area contributed by atoms with E-state index in [-0.39, 0.29) is 58.7 Å². The van der Waals surface area contributed by atoms with Gasteiger partial charge in [0.25, 0.3) is 0 Å². The molecule has 258 valence electrons. The number of carbonyl (C=O) groups is 3. The third-order valence-electron chi connectivity index (χ3n) is 6.40. The summed E-state index contributed by atoms with van der Waals surface area (Å²) >= 11 is 4.97. The molecule has 1 rings (SSSR count). The maximum Gasteiger partial charge on any atom is 0.336 e. The minimum Gasteiger partial charge on any atom is -0.464 e. The lowest BCUT2D eigenvalue weighted by molar-refractivity contribution is -0.144. The summed E-state index contributed by atoms with van der Waals surface area (Å²) in [5.74, 6) is 3.39. The molecule has 0 unspecified atom stereocenters. The molecule has 0 atom stereocenters. The van der Waals surface area contributed by atoms with Crippen LogP contribution >= 0.6 is 35.3 Å². The summed E-state index contributed by atoms with van der Waals surface area (Å²) in [4.78, 5) is 75.9. The fourth-order valence-electron chi connectivity index (χ4n) is 3.74. The lowest BCUT2D eigenvalue weighted by atomic mass is 10.4. The fraction of sp³-hybridized carbons (Fsp3) is 0.800. The quantitative estimate of drug-likeness (QED) is 0.0755. The number of esters is 3. The molecule has 45 heavy (non-hydrogen) atoms. The van der Waals surface area contributed by atoms with Crippen LogP contribution in [0.5, 0.6) is 0 Å². The molecule has 0 amide bonds. The summed E-state index contributed by atoms with van der Waals surface area (Å²) < 4.78 is 18.1. The van der Waals surface area contributed by atoms with Gasteiger partial charge in [-0.2, -0.15) is 35.3 Å². The zero-order valence-corrected chi connectivity index (χ0v) is 29.5. The topological polar surface area (TPSA) is 145 Å². The number of thioether (sulfide) groups is 3. The molecule has 1 aromatic rings. The van der Waals surface area contributed by atoms with Gasteiger partial charge in [0.05, 0.1) is 38.9 Å². The van der Waals surface area contributed by atoms with Crippen molar-refractivity contribution in [2.45, 2.75) is 98.2 Å². The molecule has 0 fully saturated rings. The Balaban J connectivity index is 2.89. The lowest BCUT2D eigenvalue weighted by Gasteiger charge is -2.14.